The van der Waals surface area contributed by atoms with Crippen molar-refractivity contribution in [2.24, 2.45) is 0 Å². The standard InChI is InChI=1S/C8H4ClF3N2O3/c9-5-2-7(14(16)17)6(13-3-15)1-4(5)8(10,11)12/h1-3H,(H,13,15). The number of hydrogen-bond acceptors (Lipinski definition) is 3. The van der Waals surface area contributed by atoms with Gasteiger partial charge in [-0.3, -0.25) is 14.9 Å². The number of nitrogens with one attached hydrogen (secondary N) is 1. The molecule has 1 rings (SSSR count). The lowest BCUT2D eigenvalue weighted by Gasteiger charge is -2.10. The number of halogens is 4. The predicted octanol–water partition coefficient (Wildman–Crippen LogP) is 2.84. The minimum atomic E-state index is -4.76. The molecule has 1 N–H and O–H groups in total. The molecule has 0 saturated heterocycles. The first-order chi connectivity index (χ1) is 7.77. The maximum atomic E-state index is 12.4. The zero-order valence-corrected chi connectivity index (χ0v) is 8.67. The first-order valence-corrected chi connectivity index (χ1v) is 4.40. The second-order valence-electron chi connectivity index (χ2n) is 2.87. The number of alkyl halides is 3. The van der Waals surface area contributed by atoms with Gasteiger partial charge in [-0.2, -0.15) is 13.2 Å². The molecular weight excluding hydrogens is 265 g/mol. The van der Waals surface area contributed by atoms with E-state index in [0.717, 1.165) is 0 Å². The summed E-state index contributed by atoms with van der Waals surface area (Å²) in [7, 11) is 0. The monoisotopic (exact) mass is 268 g/mol. The Hall–Kier alpha value is -1.83. The normalized spacial score (nSPS) is 11.1. The van der Waals surface area contributed by atoms with E-state index in [0.29, 0.717) is 12.1 Å². The van der Waals surface area contributed by atoms with E-state index >= 15 is 0 Å². The Labute approximate surface area is 97.3 Å². The van der Waals surface area contributed by atoms with Crippen molar-refractivity contribution in [2.75, 3.05) is 5.32 Å². The number of anilines is 1. The van der Waals surface area contributed by atoms with Gasteiger partial charge in [-0.05, 0) is 6.07 Å². The number of rotatable bonds is 3. The summed E-state index contributed by atoms with van der Waals surface area (Å²) in [5.74, 6) is 0. The molecule has 0 saturated carbocycles. The number of benzene rings is 1. The van der Waals surface area contributed by atoms with Gasteiger partial charge in [0.05, 0.1) is 15.5 Å². The molecule has 0 unspecified atom stereocenters. The average Bonchev–Trinajstić information content (AvgIpc) is 2.18. The zero-order valence-electron chi connectivity index (χ0n) is 7.92. The fraction of sp³-hybridized carbons (Fsp3) is 0.125. The molecule has 0 aliphatic heterocycles. The summed E-state index contributed by atoms with van der Waals surface area (Å²) in [4.78, 5) is 19.7. The van der Waals surface area contributed by atoms with E-state index in [1.54, 1.807) is 0 Å². The van der Waals surface area contributed by atoms with Gasteiger partial charge < -0.3 is 5.32 Å². The van der Waals surface area contributed by atoms with E-state index in [9.17, 15) is 28.1 Å². The van der Waals surface area contributed by atoms with Gasteiger partial charge in [-0.1, -0.05) is 11.6 Å². The molecule has 92 valence electrons. The van der Waals surface area contributed by atoms with Crippen molar-refractivity contribution >= 4 is 29.4 Å². The molecule has 0 radical (unpaired) electrons. The van der Waals surface area contributed by atoms with Crippen LogP contribution in [0.2, 0.25) is 5.02 Å². The highest BCUT2D eigenvalue weighted by Crippen LogP contribution is 2.39. The van der Waals surface area contributed by atoms with Crippen LogP contribution >= 0.6 is 11.6 Å². The first kappa shape index (κ1) is 13.2. The van der Waals surface area contributed by atoms with Crippen molar-refractivity contribution in [3.8, 4) is 0 Å². The van der Waals surface area contributed by atoms with Crippen LogP contribution in [0.3, 0.4) is 0 Å². The highest BCUT2D eigenvalue weighted by Gasteiger charge is 2.35. The maximum Gasteiger partial charge on any atom is 0.417 e. The van der Waals surface area contributed by atoms with Crippen molar-refractivity contribution < 1.29 is 22.9 Å². The van der Waals surface area contributed by atoms with E-state index in [1.165, 1.54) is 0 Å². The summed E-state index contributed by atoms with van der Waals surface area (Å²) >= 11 is 5.29. The van der Waals surface area contributed by atoms with Crippen LogP contribution in [0.15, 0.2) is 12.1 Å². The van der Waals surface area contributed by atoms with Crippen molar-refractivity contribution in [2.45, 2.75) is 6.18 Å². The number of hydrogen-bond donors (Lipinski definition) is 1. The van der Waals surface area contributed by atoms with Crippen LogP contribution in [0.5, 0.6) is 0 Å². The van der Waals surface area contributed by atoms with Gasteiger partial charge in [0.15, 0.2) is 0 Å². The van der Waals surface area contributed by atoms with E-state index < -0.39 is 33.1 Å². The third-order valence-corrected chi connectivity index (χ3v) is 2.11. The minimum absolute atomic E-state index is 0.0381. The Morgan fingerprint density at radius 2 is 2.00 bits per heavy atom. The number of nitro groups is 1. The summed E-state index contributed by atoms with van der Waals surface area (Å²) in [6, 6.07) is 0.949. The van der Waals surface area contributed by atoms with Crippen molar-refractivity contribution in [1.82, 2.24) is 0 Å². The largest absolute Gasteiger partial charge is 0.417 e. The molecule has 0 aliphatic carbocycles. The van der Waals surface area contributed by atoms with E-state index in [1.807, 2.05) is 5.32 Å². The maximum absolute atomic E-state index is 12.4. The SMILES string of the molecule is O=CNc1cc(C(F)(F)F)c(Cl)cc1[N+](=O)[O-]. The van der Waals surface area contributed by atoms with E-state index in [4.69, 9.17) is 11.6 Å². The molecule has 1 amide bonds. The molecule has 0 atom stereocenters. The van der Waals surface area contributed by atoms with Crippen LogP contribution in [-0.2, 0) is 11.0 Å². The predicted molar refractivity (Wildman–Crippen MR) is 52.8 cm³/mol. The average molecular weight is 269 g/mol. The molecule has 0 aromatic heterocycles. The van der Waals surface area contributed by atoms with Gasteiger partial charge in [0.1, 0.15) is 5.69 Å². The number of carbonyl (C=O) groups is 1. The van der Waals surface area contributed by atoms with Crippen LogP contribution in [0.1, 0.15) is 5.56 Å². The summed E-state index contributed by atoms with van der Waals surface area (Å²) < 4.78 is 37.3. The quantitative estimate of drug-likeness (QED) is 0.520. The van der Waals surface area contributed by atoms with Crippen LogP contribution in [0.4, 0.5) is 24.5 Å². The lowest BCUT2D eigenvalue weighted by molar-refractivity contribution is -0.383. The van der Waals surface area contributed by atoms with Gasteiger partial charge in [0, 0.05) is 6.07 Å². The fourth-order valence-electron chi connectivity index (χ4n) is 1.11. The summed E-state index contributed by atoms with van der Waals surface area (Å²) in [5.41, 5.74) is -2.54. The topological polar surface area (TPSA) is 72.2 Å². The minimum Gasteiger partial charge on any atom is -0.323 e. The van der Waals surface area contributed by atoms with Crippen molar-refractivity contribution in [3.63, 3.8) is 0 Å². The number of nitrogens with zero attached hydrogens (tertiary/aromatic N) is 1. The number of carbonyl (C=O) groups excluding carboxylic acids is 1. The van der Waals surface area contributed by atoms with Crippen LogP contribution in [0, 0.1) is 10.1 Å². The van der Waals surface area contributed by atoms with Crippen LogP contribution in [0.25, 0.3) is 0 Å². The van der Waals surface area contributed by atoms with Crippen molar-refractivity contribution in [1.29, 1.82) is 0 Å². The Balaban J connectivity index is 3.44. The van der Waals surface area contributed by atoms with Crippen molar-refractivity contribution in [3.05, 3.63) is 32.8 Å². The molecular formula is C8H4ClF3N2O3. The lowest BCUT2D eigenvalue weighted by atomic mass is 10.1. The number of amides is 1. The molecule has 1 aromatic carbocycles. The summed E-state index contributed by atoms with van der Waals surface area (Å²) in [6.45, 7) is 0. The molecule has 0 bridgehead atoms. The van der Waals surface area contributed by atoms with Gasteiger partial charge >= 0.3 is 6.18 Å². The lowest BCUT2D eigenvalue weighted by Crippen LogP contribution is -2.08. The van der Waals surface area contributed by atoms with Gasteiger partial charge in [-0.15, -0.1) is 0 Å². The van der Waals surface area contributed by atoms with E-state index in [2.05, 4.69) is 0 Å². The van der Waals surface area contributed by atoms with Crippen LogP contribution < -0.4 is 5.32 Å². The molecule has 0 heterocycles. The summed E-state index contributed by atoms with van der Waals surface area (Å²) in [6.07, 6.45) is -4.72. The Morgan fingerprint density at radius 3 is 2.41 bits per heavy atom. The van der Waals surface area contributed by atoms with E-state index in [-0.39, 0.29) is 6.41 Å². The van der Waals surface area contributed by atoms with Gasteiger partial charge in [-0.25, -0.2) is 0 Å². The third-order valence-electron chi connectivity index (χ3n) is 1.80. The molecule has 5 nitrogen and oxygen atoms in total. The molecule has 17 heavy (non-hydrogen) atoms. The highest BCUT2D eigenvalue weighted by atomic mass is 35.5. The Bertz CT molecular complexity index is 476. The number of nitro benzene ring substituents is 1. The second kappa shape index (κ2) is 4.58. The molecule has 1 aromatic rings. The molecule has 9 heteroatoms. The second-order valence-corrected chi connectivity index (χ2v) is 3.27. The highest BCUT2D eigenvalue weighted by molar-refractivity contribution is 6.31. The smallest absolute Gasteiger partial charge is 0.323 e. The molecule has 0 fully saturated rings. The van der Waals surface area contributed by atoms with Gasteiger partial charge in [0.2, 0.25) is 6.41 Å². The Kier molecular flexibility index (Phi) is 3.56. The van der Waals surface area contributed by atoms with Crippen LogP contribution in [-0.4, -0.2) is 11.3 Å². The Morgan fingerprint density at radius 1 is 1.41 bits per heavy atom. The molecule has 0 spiro atoms. The summed E-state index contributed by atoms with van der Waals surface area (Å²) in [5, 5.41) is 11.5. The zero-order chi connectivity index (χ0) is 13.2. The molecule has 0 aliphatic rings. The van der Waals surface area contributed by atoms with Gasteiger partial charge in [0.25, 0.3) is 5.69 Å². The third kappa shape index (κ3) is 2.84. The fourth-order valence-corrected chi connectivity index (χ4v) is 1.38. The first-order valence-electron chi connectivity index (χ1n) is 4.02.